The molecule has 3 aliphatic rings. The number of rotatable bonds is 5. The van der Waals surface area contributed by atoms with Gasteiger partial charge in [0.25, 0.3) is 11.8 Å². The van der Waals surface area contributed by atoms with Crippen molar-refractivity contribution < 1.29 is 23.9 Å². The second-order valence-electron chi connectivity index (χ2n) is 6.91. The van der Waals surface area contributed by atoms with Crippen LogP contribution in [0.4, 0.5) is 0 Å². The molecule has 2 fully saturated rings. The molecule has 28 heavy (non-hydrogen) atoms. The highest BCUT2D eigenvalue weighted by Gasteiger charge is 2.59. The van der Waals surface area contributed by atoms with Crippen LogP contribution in [0.25, 0.3) is 0 Å². The van der Waals surface area contributed by atoms with Crippen molar-refractivity contribution in [2.75, 3.05) is 13.7 Å². The number of hydrogen-bond donors (Lipinski definition) is 0. The van der Waals surface area contributed by atoms with Crippen molar-refractivity contribution in [2.45, 2.75) is 6.42 Å². The molecule has 0 unspecified atom stereocenters. The Morgan fingerprint density at radius 1 is 1.18 bits per heavy atom. The number of imide groups is 1. The van der Waals surface area contributed by atoms with Crippen LogP contribution < -0.4 is 4.74 Å². The van der Waals surface area contributed by atoms with Crippen LogP contribution in [0.3, 0.4) is 0 Å². The van der Waals surface area contributed by atoms with Crippen molar-refractivity contribution in [1.29, 1.82) is 0 Å². The molecule has 146 valence electrons. The second-order valence-corrected chi connectivity index (χ2v) is 9.24. The fraction of sp³-hybridized carbons (Fsp3) is 0.368. The van der Waals surface area contributed by atoms with E-state index in [2.05, 4.69) is 67.2 Å². The summed E-state index contributed by atoms with van der Waals surface area (Å²) >= 11 is 4.21. The van der Waals surface area contributed by atoms with E-state index in [9.17, 15) is 14.4 Å². The van der Waals surface area contributed by atoms with Crippen molar-refractivity contribution in [3.8, 4) is 5.75 Å². The minimum absolute atomic E-state index is 0.166. The normalized spacial score (nSPS) is 27.8. The fourth-order valence-electron chi connectivity index (χ4n) is 4.11. The third-order valence-electron chi connectivity index (χ3n) is 5.35. The number of nitrogens with zero attached hydrogens (tertiary/aromatic N) is 2. The first-order chi connectivity index (χ1) is 13.4. The number of benzene rings is 1. The van der Waals surface area contributed by atoms with Gasteiger partial charge in [0.1, 0.15) is 5.75 Å². The van der Waals surface area contributed by atoms with Crippen molar-refractivity contribution >= 4 is 69.2 Å². The molecular weight excluding hydrogens is 590 g/mol. The molecule has 1 aromatic carbocycles. The van der Waals surface area contributed by atoms with Crippen LogP contribution in [-0.2, 0) is 19.1 Å². The van der Waals surface area contributed by atoms with Crippen LogP contribution in [-0.4, -0.2) is 42.7 Å². The number of hydrogen-bond acceptors (Lipinski definition) is 6. The molecular formula is C19H16I2N2O5. The molecule has 0 spiro atoms. The number of amides is 2. The number of allylic oxidation sites excluding steroid dienone is 2. The first kappa shape index (κ1) is 19.8. The van der Waals surface area contributed by atoms with Gasteiger partial charge in [-0.2, -0.15) is 10.1 Å². The molecule has 1 aliphatic heterocycles. The highest BCUT2D eigenvalue weighted by molar-refractivity contribution is 14.1. The zero-order chi connectivity index (χ0) is 20.0. The molecule has 1 saturated heterocycles. The number of fused-ring (bicyclic) bond motifs is 5. The van der Waals surface area contributed by atoms with Crippen LogP contribution in [0.5, 0.6) is 5.75 Å². The van der Waals surface area contributed by atoms with E-state index in [1.165, 1.54) is 13.3 Å². The first-order valence-electron chi connectivity index (χ1n) is 8.69. The Morgan fingerprint density at radius 3 is 2.29 bits per heavy atom. The lowest BCUT2D eigenvalue weighted by molar-refractivity contribution is -0.143. The molecule has 4 rings (SSSR count). The summed E-state index contributed by atoms with van der Waals surface area (Å²) in [7, 11) is 1.30. The van der Waals surface area contributed by atoms with Gasteiger partial charge in [0.2, 0.25) is 0 Å². The first-order valence-corrected chi connectivity index (χ1v) is 10.8. The standard InChI is InChI=1S/C19H16I2N2O5/c1-27-14(24)8-28-17-12(20)4-9(5-13(17)21)7-22-23-18(25)15-10-2-3-11(6-10)16(15)19(23)26/h2-5,7,10-11,15-16H,6,8H2,1H3/t10-,11-,15-,16+/m0/s1. The van der Waals surface area contributed by atoms with Gasteiger partial charge in [0, 0.05) is 0 Å². The number of hydrazone groups is 1. The summed E-state index contributed by atoms with van der Waals surface area (Å²) in [6, 6.07) is 3.63. The van der Waals surface area contributed by atoms with E-state index in [0.29, 0.717) is 5.75 Å². The minimum Gasteiger partial charge on any atom is -0.480 e. The van der Waals surface area contributed by atoms with E-state index in [4.69, 9.17) is 4.74 Å². The Morgan fingerprint density at radius 2 is 1.75 bits per heavy atom. The number of carbonyl (C=O) groups is 3. The summed E-state index contributed by atoms with van der Waals surface area (Å²) in [5.41, 5.74) is 0.734. The highest BCUT2D eigenvalue weighted by atomic mass is 127. The van der Waals surface area contributed by atoms with Gasteiger partial charge in [-0.25, -0.2) is 4.79 Å². The van der Waals surface area contributed by atoms with E-state index in [0.717, 1.165) is 24.1 Å². The molecule has 2 bridgehead atoms. The van der Waals surface area contributed by atoms with Gasteiger partial charge in [0.15, 0.2) is 6.61 Å². The highest BCUT2D eigenvalue weighted by Crippen LogP contribution is 2.52. The van der Waals surface area contributed by atoms with E-state index >= 15 is 0 Å². The molecule has 0 radical (unpaired) electrons. The molecule has 0 N–H and O–H groups in total. The van der Waals surface area contributed by atoms with Crippen molar-refractivity contribution in [2.24, 2.45) is 28.8 Å². The lowest BCUT2D eigenvalue weighted by Crippen LogP contribution is -2.28. The van der Waals surface area contributed by atoms with E-state index in [-0.39, 0.29) is 42.1 Å². The maximum absolute atomic E-state index is 12.7. The molecule has 1 heterocycles. The third kappa shape index (κ3) is 3.36. The minimum atomic E-state index is -0.461. The number of halogens is 2. The summed E-state index contributed by atoms with van der Waals surface area (Å²) < 4.78 is 11.7. The Bertz CT molecular complexity index is 876. The van der Waals surface area contributed by atoms with Crippen LogP contribution in [0.15, 0.2) is 29.4 Å². The summed E-state index contributed by atoms with van der Waals surface area (Å²) in [5, 5.41) is 5.22. The van der Waals surface area contributed by atoms with E-state index in [1.54, 1.807) is 0 Å². The van der Waals surface area contributed by atoms with Gasteiger partial charge in [0.05, 0.1) is 32.3 Å². The summed E-state index contributed by atoms with van der Waals surface area (Å²) in [6.07, 6.45) is 6.53. The molecule has 7 nitrogen and oxygen atoms in total. The average Bonchev–Trinajstić information content (AvgIpc) is 3.34. The molecule has 2 amide bonds. The van der Waals surface area contributed by atoms with Crippen molar-refractivity contribution in [1.82, 2.24) is 5.01 Å². The second kappa shape index (κ2) is 7.73. The lowest BCUT2D eigenvalue weighted by Gasteiger charge is -2.13. The topological polar surface area (TPSA) is 85.3 Å². The summed E-state index contributed by atoms with van der Waals surface area (Å²) in [4.78, 5) is 36.6. The number of carbonyl (C=O) groups excluding carboxylic acids is 3. The van der Waals surface area contributed by atoms with Gasteiger partial charge in [-0.05, 0) is 81.1 Å². The van der Waals surface area contributed by atoms with Gasteiger partial charge < -0.3 is 9.47 Å². The van der Waals surface area contributed by atoms with Crippen LogP contribution in [0.1, 0.15) is 12.0 Å². The Kier molecular flexibility index (Phi) is 5.47. The SMILES string of the molecule is COC(=O)COc1c(I)cc(C=NN2C(=O)[C@@H]3[C@H](C2=O)[C@H]2C=C[C@H]3C2)cc1I. The lowest BCUT2D eigenvalue weighted by atomic mass is 9.85. The number of methoxy groups -OCH3 is 1. The van der Waals surface area contributed by atoms with Gasteiger partial charge in [-0.3, -0.25) is 9.59 Å². The quantitative estimate of drug-likeness (QED) is 0.169. The maximum Gasteiger partial charge on any atom is 0.343 e. The fourth-order valence-corrected chi connectivity index (χ4v) is 6.23. The molecule has 2 aliphatic carbocycles. The third-order valence-corrected chi connectivity index (χ3v) is 6.95. The Balaban J connectivity index is 1.50. The summed E-state index contributed by atoms with van der Waals surface area (Å²) in [5.74, 6) is -0.467. The zero-order valence-corrected chi connectivity index (χ0v) is 19.1. The molecule has 1 aromatic rings. The Labute approximate surface area is 188 Å². The monoisotopic (exact) mass is 606 g/mol. The van der Waals surface area contributed by atoms with Crippen molar-refractivity contribution in [3.63, 3.8) is 0 Å². The molecule has 9 heteroatoms. The Hall–Kier alpha value is -1.50. The largest absolute Gasteiger partial charge is 0.480 e. The average molecular weight is 606 g/mol. The maximum atomic E-state index is 12.7. The van der Waals surface area contributed by atoms with Gasteiger partial charge in [-0.1, -0.05) is 12.2 Å². The smallest absolute Gasteiger partial charge is 0.343 e. The molecule has 1 saturated carbocycles. The molecule has 0 aromatic heterocycles. The van der Waals surface area contributed by atoms with Crippen LogP contribution >= 0.6 is 45.2 Å². The van der Waals surface area contributed by atoms with Crippen LogP contribution in [0.2, 0.25) is 0 Å². The van der Waals surface area contributed by atoms with E-state index in [1.807, 2.05) is 12.1 Å². The van der Waals surface area contributed by atoms with Gasteiger partial charge >= 0.3 is 5.97 Å². The van der Waals surface area contributed by atoms with E-state index < -0.39 is 5.97 Å². The van der Waals surface area contributed by atoms with Crippen LogP contribution in [0, 0.1) is 30.8 Å². The predicted molar refractivity (Wildman–Crippen MR) is 117 cm³/mol. The number of ether oxygens (including phenoxy) is 2. The zero-order valence-electron chi connectivity index (χ0n) is 14.8. The van der Waals surface area contributed by atoms with Crippen molar-refractivity contribution in [3.05, 3.63) is 37.0 Å². The predicted octanol–water partition coefficient (Wildman–Crippen LogP) is 2.59. The van der Waals surface area contributed by atoms with Gasteiger partial charge in [-0.15, -0.1) is 0 Å². The number of esters is 1. The molecule has 4 atom stereocenters. The summed E-state index contributed by atoms with van der Waals surface area (Å²) in [6.45, 7) is -0.175.